The highest BCUT2D eigenvalue weighted by Gasteiger charge is 2.21. The minimum absolute atomic E-state index is 0.0839. The first-order valence-electron chi connectivity index (χ1n) is 8.80. The molecule has 0 unspecified atom stereocenters. The lowest BCUT2D eigenvalue weighted by Gasteiger charge is -2.08. The number of benzene rings is 2. The highest BCUT2D eigenvalue weighted by atomic mass is 16.6. The third kappa shape index (κ3) is 5.29. The molecule has 29 heavy (non-hydrogen) atoms. The van der Waals surface area contributed by atoms with Gasteiger partial charge >= 0.3 is 5.69 Å². The second-order valence-electron chi connectivity index (χ2n) is 6.34. The van der Waals surface area contributed by atoms with Crippen molar-refractivity contribution in [3.63, 3.8) is 0 Å². The molecule has 2 aromatic carbocycles. The molecule has 0 radical (unpaired) electrons. The van der Waals surface area contributed by atoms with Gasteiger partial charge in [0.25, 0.3) is 5.91 Å². The molecule has 8 heteroatoms. The molecule has 0 saturated heterocycles. The fourth-order valence-electron chi connectivity index (χ4n) is 2.54. The van der Waals surface area contributed by atoms with Gasteiger partial charge in [0.2, 0.25) is 5.76 Å². The number of aromatic nitrogens is 1. The maximum absolute atomic E-state index is 12.0. The molecular formula is C21H19N3O5. The Kier molecular flexibility index (Phi) is 6.03. The molecule has 8 nitrogen and oxygen atoms in total. The van der Waals surface area contributed by atoms with Crippen molar-refractivity contribution in [1.82, 2.24) is 5.16 Å². The fourth-order valence-corrected chi connectivity index (χ4v) is 2.54. The van der Waals surface area contributed by atoms with Gasteiger partial charge in [-0.1, -0.05) is 41.1 Å². The Morgan fingerprint density at radius 2 is 1.83 bits per heavy atom. The van der Waals surface area contributed by atoms with Crippen LogP contribution in [0.25, 0.3) is 12.2 Å². The van der Waals surface area contributed by atoms with E-state index in [4.69, 9.17) is 9.26 Å². The molecule has 1 amide bonds. The van der Waals surface area contributed by atoms with Crippen LogP contribution in [0.4, 0.5) is 11.4 Å². The van der Waals surface area contributed by atoms with Crippen LogP contribution in [-0.2, 0) is 4.79 Å². The van der Waals surface area contributed by atoms with E-state index in [1.165, 1.54) is 13.0 Å². The Balaban J connectivity index is 1.55. The molecule has 3 rings (SSSR count). The summed E-state index contributed by atoms with van der Waals surface area (Å²) in [4.78, 5) is 22.5. The lowest BCUT2D eigenvalue weighted by Crippen LogP contribution is -2.20. The topological polar surface area (TPSA) is 108 Å². The van der Waals surface area contributed by atoms with Crippen molar-refractivity contribution in [3.8, 4) is 5.75 Å². The van der Waals surface area contributed by atoms with Crippen molar-refractivity contribution in [2.45, 2.75) is 13.8 Å². The molecule has 0 aliphatic heterocycles. The maximum atomic E-state index is 12.0. The number of carbonyl (C=O) groups excluding carboxylic acids is 1. The lowest BCUT2D eigenvalue weighted by molar-refractivity contribution is -0.386. The zero-order valence-electron chi connectivity index (χ0n) is 15.9. The number of nitro groups is 1. The van der Waals surface area contributed by atoms with E-state index in [-0.39, 0.29) is 29.7 Å². The Labute approximate surface area is 166 Å². The summed E-state index contributed by atoms with van der Waals surface area (Å²) in [7, 11) is 0. The molecule has 0 aliphatic carbocycles. The summed E-state index contributed by atoms with van der Waals surface area (Å²) in [5, 5.41) is 17.4. The smallest absolute Gasteiger partial charge is 0.338 e. The highest BCUT2D eigenvalue weighted by Crippen LogP contribution is 2.25. The number of anilines is 1. The molecule has 0 spiro atoms. The van der Waals surface area contributed by atoms with Gasteiger partial charge in [0, 0.05) is 5.69 Å². The average Bonchev–Trinajstić information content (AvgIpc) is 3.08. The van der Waals surface area contributed by atoms with Crippen molar-refractivity contribution in [1.29, 1.82) is 0 Å². The average molecular weight is 393 g/mol. The molecule has 148 valence electrons. The molecule has 1 N–H and O–H groups in total. The van der Waals surface area contributed by atoms with E-state index in [1.807, 2.05) is 31.2 Å². The number of carbonyl (C=O) groups is 1. The summed E-state index contributed by atoms with van der Waals surface area (Å²) >= 11 is 0. The number of amides is 1. The number of rotatable bonds is 7. The predicted octanol–water partition coefficient (Wildman–Crippen LogP) is 4.39. The second-order valence-corrected chi connectivity index (χ2v) is 6.34. The zero-order valence-corrected chi connectivity index (χ0v) is 15.9. The van der Waals surface area contributed by atoms with Gasteiger partial charge in [-0.2, -0.15) is 0 Å². The molecule has 0 saturated carbocycles. The number of ether oxygens (including phenoxy) is 1. The van der Waals surface area contributed by atoms with E-state index >= 15 is 0 Å². The van der Waals surface area contributed by atoms with Crippen LogP contribution in [0.5, 0.6) is 5.75 Å². The summed E-state index contributed by atoms with van der Waals surface area (Å²) in [6, 6.07) is 14.4. The number of hydrogen-bond acceptors (Lipinski definition) is 6. The van der Waals surface area contributed by atoms with Crippen LogP contribution in [0.1, 0.15) is 22.6 Å². The number of nitrogens with zero attached hydrogens (tertiary/aromatic N) is 2. The van der Waals surface area contributed by atoms with Crippen molar-refractivity contribution in [2.75, 3.05) is 11.9 Å². The van der Waals surface area contributed by atoms with E-state index in [2.05, 4.69) is 10.5 Å². The maximum Gasteiger partial charge on any atom is 0.338 e. The predicted molar refractivity (Wildman–Crippen MR) is 109 cm³/mol. The van der Waals surface area contributed by atoms with Gasteiger partial charge in [-0.3, -0.25) is 14.9 Å². The van der Waals surface area contributed by atoms with Crippen molar-refractivity contribution in [2.24, 2.45) is 0 Å². The molecule has 0 fully saturated rings. The van der Waals surface area contributed by atoms with Gasteiger partial charge in [-0.15, -0.1) is 0 Å². The van der Waals surface area contributed by atoms with Crippen LogP contribution in [0.3, 0.4) is 0 Å². The van der Waals surface area contributed by atoms with Gasteiger partial charge in [0.05, 0.1) is 4.92 Å². The molecule has 0 atom stereocenters. The number of aryl methyl sites for hydroxylation is 2. The van der Waals surface area contributed by atoms with Crippen LogP contribution < -0.4 is 10.1 Å². The van der Waals surface area contributed by atoms with Crippen LogP contribution >= 0.6 is 0 Å². The van der Waals surface area contributed by atoms with Gasteiger partial charge in [-0.25, -0.2) is 0 Å². The molecule has 0 bridgehead atoms. The van der Waals surface area contributed by atoms with Gasteiger partial charge in [-0.05, 0) is 49.8 Å². The van der Waals surface area contributed by atoms with Crippen LogP contribution in [0.2, 0.25) is 0 Å². The van der Waals surface area contributed by atoms with Crippen molar-refractivity contribution < 1.29 is 19.0 Å². The normalized spacial score (nSPS) is 10.8. The summed E-state index contributed by atoms with van der Waals surface area (Å²) in [6.07, 6.45) is 3.16. The Morgan fingerprint density at radius 1 is 1.14 bits per heavy atom. The van der Waals surface area contributed by atoms with Crippen molar-refractivity contribution in [3.05, 3.63) is 81.2 Å². The van der Waals surface area contributed by atoms with E-state index in [0.29, 0.717) is 11.4 Å². The molecule has 3 aromatic rings. The summed E-state index contributed by atoms with van der Waals surface area (Å²) in [6.45, 7) is 3.37. The van der Waals surface area contributed by atoms with Crippen LogP contribution in [0.15, 0.2) is 53.1 Å². The largest absolute Gasteiger partial charge is 0.484 e. The third-order valence-electron chi connectivity index (χ3n) is 4.05. The van der Waals surface area contributed by atoms with Crippen LogP contribution in [0, 0.1) is 24.0 Å². The number of hydrogen-bond donors (Lipinski definition) is 1. The van der Waals surface area contributed by atoms with E-state index in [9.17, 15) is 14.9 Å². The van der Waals surface area contributed by atoms with E-state index < -0.39 is 4.92 Å². The first kappa shape index (κ1) is 19.8. The van der Waals surface area contributed by atoms with Gasteiger partial charge < -0.3 is 14.6 Å². The molecule has 1 aromatic heterocycles. The van der Waals surface area contributed by atoms with E-state index in [0.717, 1.165) is 11.1 Å². The third-order valence-corrected chi connectivity index (χ3v) is 4.05. The van der Waals surface area contributed by atoms with Crippen LogP contribution in [-0.4, -0.2) is 22.6 Å². The van der Waals surface area contributed by atoms with E-state index in [1.54, 1.807) is 30.3 Å². The first-order valence-corrected chi connectivity index (χ1v) is 8.80. The lowest BCUT2D eigenvalue weighted by atomic mass is 10.2. The minimum atomic E-state index is -0.524. The van der Waals surface area contributed by atoms with Gasteiger partial charge in [0.1, 0.15) is 5.75 Å². The molecule has 1 heterocycles. The molecule has 0 aliphatic rings. The Morgan fingerprint density at radius 3 is 2.48 bits per heavy atom. The summed E-state index contributed by atoms with van der Waals surface area (Å²) in [5.74, 6) is 0.356. The second kappa shape index (κ2) is 8.83. The monoisotopic (exact) mass is 393 g/mol. The molecular weight excluding hydrogens is 374 g/mol. The minimum Gasteiger partial charge on any atom is -0.484 e. The summed E-state index contributed by atoms with van der Waals surface area (Å²) < 4.78 is 10.5. The summed E-state index contributed by atoms with van der Waals surface area (Å²) in [5.41, 5.74) is 2.68. The standard InChI is InChI=1S/C21H19N3O5/c1-14-3-8-17(9-4-14)22-20(25)13-28-18-10-5-16(6-11-18)7-12-19-21(24(26)27)15(2)23-29-19/h3-12H,13H2,1-2H3,(H,22,25)/b12-7+. The van der Waals surface area contributed by atoms with Crippen molar-refractivity contribution >= 4 is 29.4 Å². The number of nitrogens with one attached hydrogen (secondary N) is 1. The zero-order chi connectivity index (χ0) is 20.8. The SMILES string of the molecule is Cc1ccc(NC(=O)COc2ccc(/C=C/c3onc(C)c3[N+](=O)[O-])cc2)cc1. The fraction of sp³-hybridized carbons (Fsp3) is 0.143. The first-order chi connectivity index (χ1) is 13.9. The highest BCUT2D eigenvalue weighted by molar-refractivity contribution is 5.91. The van der Waals surface area contributed by atoms with Gasteiger partial charge in [0.15, 0.2) is 12.3 Å². The Hall–Kier alpha value is -3.94. The quantitative estimate of drug-likeness (QED) is 0.471. The Bertz CT molecular complexity index is 1040.